The zero-order valence-electron chi connectivity index (χ0n) is 17.1. The van der Waals surface area contributed by atoms with Gasteiger partial charge in [-0.05, 0) is 26.0 Å². The van der Waals surface area contributed by atoms with Gasteiger partial charge in [0.2, 0.25) is 15.9 Å². The zero-order chi connectivity index (χ0) is 21.0. The van der Waals surface area contributed by atoms with Crippen LogP contribution in [0.5, 0.6) is 17.4 Å². The molecule has 1 aromatic heterocycles. The number of hydrogen-bond donors (Lipinski definition) is 0. The van der Waals surface area contributed by atoms with Gasteiger partial charge in [0.1, 0.15) is 28.0 Å². The highest BCUT2D eigenvalue weighted by molar-refractivity contribution is 7.89. The van der Waals surface area contributed by atoms with Gasteiger partial charge >= 0.3 is 0 Å². The highest BCUT2D eigenvalue weighted by atomic mass is 32.2. The number of piperazine rings is 1. The van der Waals surface area contributed by atoms with Crippen LogP contribution in [-0.4, -0.2) is 69.7 Å². The molecular formula is C19H26N4O5S. The molecule has 0 aliphatic carbocycles. The monoisotopic (exact) mass is 422 g/mol. The Morgan fingerprint density at radius 2 is 1.76 bits per heavy atom. The van der Waals surface area contributed by atoms with E-state index in [9.17, 15) is 8.42 Å². The predicted molar refractivity (Wildman–Crippen MR) is 108 cm³/mol. The molecule has 1 fully saturated rings. The lowest BCUT2D eigenvalue weighted by Gasteiger charge is -2.35. The molecule has 3 rings (SSSR count). The molecule has 1 saturated heterocycles. The van der Waals surface area contributed by atoms with Crippen molar-refractivity contribution in [1.29, 1.82) is 0 Å². The average Bonchev–Trinajstić information content (AvgIpc) is 2.73. The van der Waals surface area contributed by atoms with E-state index in [-0.39, 0.29) is 4.90 Å². The average molecular weight is 423 g/mol. The first-order chi connectivity index (χ1) is 13.9. The standard InChI is InChI=1S/C19H26N4O5S/c1-5-28-19-13-18(20-14(2)21-19)22-8-10-23(11-9-22)29(24,25)17-12-15(26-3)6-7-16(17)27-4/h6-7,12-13H,5,8-11H2,1-4H3. The minimum absolute atomic E-state index is 0.101. The van der Waals surface area contributed by atoms with Gasteiger partial charge in [0.25, 0.3) is 0 Å². The van der Waals surface area contributed by atoms with Gasteiger partial charge in [0, 0.05) is 38.3 Å². The molecule has 10 heteroatoms. The fourth-order valence-electron chi connectivity index (χ4n) is 3.19. The number of sulfonamides is 1. The largest absolute Gasteiger partial charge is 0.497 e. The van der Waals surface area contributed by atoms with E-state index >= 15 is 0 Å². The first kappa shape index (κ1) is 21.1. The molecule has 29 heavy (non-hydrogen) atoms. The summed E-state index contributed by atoms with van der Waals surface area (Å²) in [6.07, 6.45) is 0. The molecule has 9 nitrogen and oxygen atoms in total. The van der Waals surface area contributed by atoms with Crippen molar-refractivity contribution in [3.05, 3.63) is 30.1 Å². The minimum Gasteiger partial charge on any atom is -0.497 e. The van der Waals surface area contributed by atoms with Crippen molar-refractivity contribution in [3.63, 3.8) is 0 Å². The lowest BCUT2D eigenvalue weighted by atomic mass is 10.3. The molecule has 2 heterocycles. The number of methoxy groups -OCH3 is 2. The SMILES string of the molecule is CCOc1cc(N2CCN(S(=O)(=O)c3cc(OC)ccc3OC)CC2)nc(C)n1. The first-order valence-corrected chi connectivity index (χ1v) is 10.8. The molecule has 0 amide bonds. The van der Waals surface area contributed by atoms with E-state index in [1.165, 1.54) is 24.6 Å². The van der Waals surface area contributed by atoms with Gasteiger partial charge in [0.05, 0.1) is 20.8 Å². The summed E-state index contributed by atoms with van der Waals surface area (Å²) in [6, 6.07) is 6.54. The maximum Gasteiger partial charge on any atom is 0.247 e. The number of hydrogen-bond acceptors (Lipinski definition) is 8. The molecule has 1 aromatic carbocycles. The van der Waals surface area contributed by atoms with Gasteiger partial charge in [-0.3, -0.25) is 0 Å². The molecular weight excluding hydrogens is 396 g/mol. The summed E-state index contributed by atoms with van der Waals surface area (Å²) in [7, 11) is -0.776. The topological polar surface area (TPSA) is 94.1 Å². The van der Waals surface area contributed by atoms with Crippen molar-refractivity contribution >= 4 is 15.8 Å². The lowest BCUT2D eigenvalue weighted by molar-refractivity contribution is 0.324. The third kappa shape index (κ3) is 4.54. The van der Waals surface area contributed by atoms with Gasteiger partial charge in [0.15, 0.2) is 0 Å². The van der Waals surface area contributed by atoms with E-state index in [1.807, 2.05) is 18.7 Å². The number of anilines is 1. The zero-order valence-corrected chi connectivity index (χ0v) is 17.9. The van der Waals surface area contributed by atoms with E-state index in [4.69, 9.17) is 14.2 Å². The Bertz CT molecular complexity index is 959. The van der Waals surface area contributed by atoms with Crippen LogP contribution in [-0.2, 0) is 10.0 Å². The molecule has 0 radical (unpaired) electrons. The van der Waals surface area contributed by atoms with E-state index in [0.29, 0.717) is 56.0 Å². The third-order valence-electron chi connectivity index (χ3n) is 4.64. The predicted octanol–water partition coefficient (Wildman–Crippen LogP) is 1.71. The second-order valence-corrected chi connectivity index (χ2v) is 8.36. The summed E-state index contributed by atoms with van der Waals surface area (Å²) in [4.78, 5) is 10.9. The maximum absolute atomic E-state index is 13.2. The molecule has 0 saturated carbocycles. The highest BCUT2D eigenvalue weighted by Gasteiger charge is 2.31. The molecule has 0 bridgehead atoms. The quantitative estimate of drug-likeness (QED) is 0.666. The molecule has 1 aliphatic rings. The van der Waals surface area contributed by atoms with Gasteiger partial charge < -0.3 is 19.1 Å². The molecule has 0 unspecified atom stereocenters. The van der Waals surface area contributed by atoms with Crippen molar-refractivity contribution in [2.24, 2.45) is 0 Å². The van der Waals surface area contributed by atoms with E-state index < -0.39 is 10.0 Å². The van der Waals surface area contributed by atoms with Crippen LogP contribution in [0.15, 0.2) is 29.2 Å². The molecule has 0 N–H and O–H groups in total. The van der Waals surface area contributed by atoms with Gasteiger partial charge in [-0.15, -0.1) is 0 Å². The lowest BCUT2D eigenvalue weighted by Crippen LogP contribution is -2.49. The van der Waals surface area contributed by atoms with Crippen LogP contribution < -0.4 is 19.1 Å². The first-order valence-electron chi connectivity index (χ1n) is 9.34. The Balaban J connectivity index is 1.78. The maximum atomic E-state index is 13.2. The molecule has 0 spiro atoms. The Morgan fingerprint density at radius 1 is 1.03 bits per heavy atom. The summed E-state index contributed by atoms with van der Waals surface area (Å²) < 4.78 is 43.8. The Hall–Kier alpha value is -2.59. The summed E-state index contributed by atoms with van der Waals surface area (Å²) in [6.45, 7) is 5.90. The van der Waals surface area contributed by atoms with E-state index in [2.05, 4.69) is 9.97 Å². The van der Waals surface area contributed by atoms with Crippen molar-refractivity contribution < 1.29 is 22.6 Å². The summed E-state index contributed by atoms with van der Waals surface area (Å²) in [5, 5.41) is 0. The number of nitrogens with zero attached hydrogens (tertiary/aromatic N) is 4. The van der Waals surface area contributed by atoms with Crippen molar-refractivity contribution in [1.82, 2.24) is 14.3 Å². The smallest absolute Gasteiger partial charge is 0.247 e. The second-order valence-electron chi connectivity index (χ2n) is 6.45. The van der Waals surface area contributed by atoms with Crippen LogP contribution in [0.2, 0.25) is 0 Å². The van der Waals surface area contributed by atoms with Crippen molar-refractivity contribution in [3.8, 4) is 17.4 Å². The van der Waals surface area contributed by atoms with Gasteiger partial charge in [-0.25, -0.2) is 13.4 Å². The van der Waals surface area contributed by atoms with Crippen LogP contribution in [0, 0.1) is 6.92 Å². The van der Waals surface area contributed by atoms with Crippen molar-refractivity contribution in [2.75, 3.05) is 51.9 Å². The van der Waals surface area contributed by atoms with Crippen LogP contribution in [0.4, 0.5) is 5.82 Å². The normalized spacial score (nSPS) is 15.2. The number of benzene rings is 1. The highest BCUT2D eigenvalue weighted by Crippen LogP contribution is 2.31. The van der Waals surface area contributed by atoms with E-state index in [1.54, 1.807) is 18.2 Å². The third-order valence-corrected chi connectivity index (χ3v) is 6.56. The molecule has 0 atom stereocenters. The van der Waals surface area contributed by atoms with E-state index in [0.717, 1.165) is 5.82 Å². The minimum atomic E-state index is -3.72. The van der Waals surface area contributed by atoms with Crippen LogP contribution in [0.25, 0.3) is 0 Å². The Kier molecular flexibility index (Phi) is 6.43. The van der Waals surface area contributed by atoms with Crippen LogP contribution in [0.3, 0.4) is 0 Å². The fourth-order valence-corrected chi connectivity index (χ4v) is 4.78. The summed E-state index contributed by atoms with van der Waals surface area (Å²) >= 11 is 0. The number of rotatable bonds is 7. The summed E-state index contributed by atoms with van der Waals surface area (Å²) in [5.74, 6) is 2.62. The Morgan fingerprint density at radius 3 is 2.38 bits per heavy atom. The van der Waals surface area contributed by atoms with Crippen molar-refractivity contribution in [2.45, 2.75) is 18.7 Å². The number of aromatic nitrogens is 2. The second kappa shape index (κ2) is 8.83. The van der Waals surface area contributed by atoms with Gasteiger partial charge in [-0.1, -0.05) is 0 Å². The number of ether oxygens (including phenoxy) is 3. The molecule has 1 aliphatic heterocycles. The van der Waals surface area contributed by atoms with Crippen LogP contribution in [0.1, 0.15) is 12.7 Å². The van der Waals surface area contributed by atoms with Crippen LogP contribution >= 0.6 is 0 Å². The Labute approximate surface area is 171 Å². The molecule has 158 valence electrons. The fraction of sp³-hybridized carbons (Fsp3) is 0.474. The number of aryl methyl sites for hydroxylation is 1. The summed E-state index contributed by atoms with van der Waals surface area (Å²) in [5.41, 5.74) is 0. The van der Waals surface area contributed by atoms with Gasteiger partial charge in [-0.2, -0.15) is 9.29 Å². The molecule has 2 aromatic rings.